The van der Waals surface area contributed by atoms with Gasteiger partial charge in [-0.05, 0) is 48.4 Å². The summed E-state index contributed by atoms with van der Waals surface area (Å²) in [5, 5.41) is 22.5. The van der Waals surface area contributed by atoms with E-state index >= 15 is 0 Å². The van der Waals surface area contributed by atoms with Crippen LogP contribution in [0.25, 0.3) is 6.08 Å². The summed E-state index contributed by atoms with van der Waals surface area (Å²) in [6, 6.07) is 14.3. The number of nitrogens with one attached hydrogen (secondary N) is 1. The lowest BCUT2D eigenvalue weighted by Crippen LogP contribution is -2.21. The second-order valence-electron chi connectivity index (χ2n) is 4.99. The fraction of sp³-hybridized carbons (Fsp3) is 0.105. The summed E-state index contributed by atoms with van der Waals surface area (Å²) in [5.74, 6) is -1.16. The highest BCUT2D eigenvalue weighted by Crippen LogP contribution is 2.17. The highest BCUT2D eigenvalue weighted by molar-refractivity contribution is 6.09. The van der Waals surface area contributed by atoms with Gasteiger partial charge in [-0.15, -0.1) is 0 Å². The van der Waals surface area contributed by atoms with Crippen molar-refractivity contribution in [2.45, 2.75) is 6.92 Å². The Balaban J connectivity index is 2.12. The molecule has 0 spiro atoms. The average molecular weight is 335 g/mol. The van der Waals surface area contributed by atoms with Crippen molar-refractivity contribution in [2.75, 3.05) is 11.9 Å². The van der Waals surface area contributed by atoms with Crippen molar-refractivity contribution in [3.8, 4) is 11.8 Å². The van der Waals surface area contributed by atoms with Crippen LogP contribution in [0.1, 0.15) is 22.8 Å². The summed E-state index contributed by atoms with van der Waals surface area (Å²) in [6.07, 6.45) is 1.38. The number of carbonyl (C=O) groups excluding carboxylic acids is 2. The number of rotatable bonds is 6. The maximum Gasteiger partial charge on any atom is 0.266 e. The molecule has 0 bridgehead atoms. The van der Waals surface area contributed by atoms with E-state index in [1.54, 1.807) is 24.3 Å². The predicted octanol–water partition coefficient (Wildman–Crippen LogP) is 1.99. The molecule has 1 N–H and O–H groups in total. The molecule has 0 aromatic heterocycles. The van der Waals surface area contributed by atoms with Gasteiger partial charge in [0.15, 0.2) is 0 Å². The summed E-state index contributed by atoms with van der Waals surface area (Å²) in [7, 11) is 0. The topological polar surface area (TPSA) is 102 Å². The fourth-order valence-corrected chi connectivity index (χ4v) is 2.03. The quantitative estimate of drug-likeness (QED) is 0.642. The molecule has 25 heavy (non-hydrogen) atoms. The fourth-order valence-electron chi connectivity index (χ4n) is 2.03. The summed E-state index contributed by atoms with van der Waals surface area (Å²) in [5.41, 5.74) is 0.981. The first-order valence-corrected chi connectivity index (χ1v) is 7.51. The minimum Gasteiger partial charge on any atom is -0.545 e. The van der Waals surface area contributed by atoms with Gasteiger partial charge >= 0.3 is 0 Å². The summed E-state index contributed by atoms with van der Waals surface area (Å²) in [4.78, 5) is 22.9. The minimum atomic E-state index is -1.29. The first kappa shape index (κ1) is 17.8. The molecule has 0 atom stereocenters. The van der Waals surface area contributed by atoms with Gasteiger partial charge in [-0.3, -0.25) is 4.79 Å². The SMILES string of the molecule is CCOc1ccc(NC(=O)/C(C#N)=C\c2ccc(C(=O)[O-])cc2)cc1. The van der Waals surface area contributed by atoms with E-state index in [1.165, 1.54) is 30.3 Å². The van der Waals surface area contributed by atoms with Crippen molar-refractivity contribution in [2.24, 2.45) is 0 Å². The Bertz CT molecular complexity index is 831. The Morgan fingerprint density at radius 1 is 1.16 bits per heavy atom. The number of nitrogens with zero attached hydrogens (tertiary/aromatic N) is 1. The van der Waals surface area contributed by atoms with E-state index in [0.717, 1.165) is 0 Å². The molecule has 0 unspecified atom stereocenters. The number of nitriles is 1. The number of anilines is 1. The predicted molar refractivity (Wildman–Crippen MR) is 90.6 cm³/mol. The number of hydrogen-bond donors (Lipinski definition) is 1. The van der Waals surface area contributed by atoms with Gasteiger partial charge in [-0.1, -0.05) is 24.3 Å². The molecule has 2 aromatic carbocycles. The van der Waals surface area contributed by atoms with Gasteiger partial charge in [-0.25, -0.2) is 0 Å². The lowest BCUT2D eigenvalue weighted by atomic mass is 10.1. The van der Waals surface area contributed by atoms with Crippen molar-refractivity contribution >= 4 is 23.6 Å². The van der Waals surface area contributed by atoms with Crippen LogP contribution in [-0.4, -0.2) is 18.5 Å². The van der Waals surface area contributed by atoms with Crippen LogP contribution in [0, 0.1) is 11.3 Å². The average Bonchev–Trinajstić information content (AvgIpc) is 2.62. The molecular weight excluding hydrogens is 320 g/mol. The maximum atomic E-state index is 12.2. The van der Waals surface area contributed by atoms with Gasteiger partial charge in [0.1, 0.15) is 17.4 Å². The number of aromatic carboxylic acids is 1. The van der Waals surface area contributed by atoms with Crippen molar-refractivity contribution < 1.29 is 19.4 Å². The zero-order chi connectivity index (χ0) is 18.2. The molecule has 0 heterocycles. The third-order valence-corrected chi connectivity index (χ3v) is 3.25. The van der Waals surface area contributed by atoms with Crippen LogP contribution in [0.4, 0.5) is 5.69 Å². The molecule has 0 saturated heterocycles. The second-order valence-corrected chi connectivity index (χ2v) is 4.99. The summed E-state index contributed by atoms with van der Waals surface area (Å²) < 4.78 is 5.32. The van der Waals surface area contributed by atoms with Crippen LogP contribution < -0.4 is 15.2 Å². The van der Waals surface area contributed by atoms with Crippen LogP contribution in [0.5, 0.6) is 5.75 Å². The van der Waals surface area contributed by atoms with Crippen LogP contribution in [0.3, 0.4) is 0 Å². The number of hydrogen-bond acceptors (Lipinski definition) is 5. The minimum absolute atomic E-state index is 0.0227. The van der Waals surface area contributed by atoms with E-state index in [-0.39, 0.29) is 11.1 Å². The molecule has 6 nitrogen and oxygen atoms in total. The summed E-state index contributed by atoms with van der Waals surface area (Å²) in [6.45, 7) is 2.42. The van der Waals surface area contributed by atoms with E-state index in [0.29, 0.717) is 23.6 Å². The standard InChI is InChI=1S/C19H16N2O4/c1-2-25-17-9-7-16(8-10-17)21-18(22)15(12-20)11-13-3-5-14(6-4-13)19(23)24/h3-11H,2H2,1H3,(H,21,22)(H,23,24)/p-1/b15-11-. The third-order valence-electron chi connectivity index (χ3n) is 3.25. The van der Waals surface area contributed by atoms with E-state index < -0.39 is 11.9 Å². The molecule has 0 aliphatic rings. The highest BCUT2D eigenvalue weighted by Gasteiger charge is 2.09. The van der Waals surface area contributed by atoms with E-state index in [2.05, 4.69) is 5.32 Å². The van der Waals surface area contributed by atoms with Crippen molar-refractivity contribution in [3.05, 3.63) is 65.2 Å². The van der Waals surface area contributed by atoms with Crippen LogP contribution in [-0.2, 0) is 4.79 Å². The monoisotopic (exact) mass is 335 g/mol. The molecule has 1 amide bonds. The molecule has 2 rings (SSSR count). The molecule has 0 radical (unpaired) electrons. The molecule has 0 saturated carbocycles. The first-order chi connectivity index (χ1) is 12.0. The Kier molecular flexibility index (Phi) is 5.91. The summed E-state index contributed by atoms with van der Waals surface area (Å²) >= 11 is 0. The Hall–Kier alpha value is -3.59. The molecule has 2 aromatic rings. The van der Waals surface area contributed by atoms with Gasteiger partial charge in [0, 0.05) is 5.69 Å². The van der Waals surface area contributed by atoms with Gasteiger partial charge in [-0.2, -0.15) is 5.26 Å². The normalized spacial score (nSPS) is 10.6. The van der Waals surface area contributed by atoms with E-state index in [1.807, 2.05) is 13.0 Å². The maximum absolute atomic E-state index is 12.2. The molecular formula is C19H15N2O4-. The van der Waals surface area contributed by atoms with Crippen molar-refractivity contribution in [1.82, 2.24) is 0 Å². The largest absolute Gasteiger partial charge is 0.545 e. The zero-order valence-corrected chi connectivity index (χ0v) is 13.5. The first-order valence-electron chi connectivity index (χ1n) is 7.51. The molecule has 0 fully saturated rings. The van der Waals surface area contributed by atoms with Crippen molar-refractivity contribution in [1.29, 1.82) is 5.26 Å². The Morgan fingerprint density at radius 3 is 2.32 bits per heavy atom. The highest BCUT2D eigenvalue weighted by atomic mass is 16.5. The van der Waals surface area contributed by atoms with Crippen LogP contribution in [0.2, 0.25) is 0 Å². The van der Waals surface area contributed by atoms with Gasteiger partial charge < -0.3 is 20.0 Å². The number of carboxylic acids is 1. The smallest absolute Gasteiger partial charge is 0.266 e. The molecule has 0 aliphatic heterocycles. The Morgan fingerprint density at radius 2 is 1.80 bits per heavy atom. The Labute approximate surface area is 145 Å². The molecule has 0 aliphatic carbocycles. The molecule has 6 heteroatoms. The molecule has 126 valence electrons. The number of carbonyl (C=O) groups is 2. The lowest BCUT2D eigenvalue weighted by Gasteiger charge is -2.07. The van der Waals surface area contributed by atoms with Crippen molar-refractivity contribution in [3.63, 3.8) is 0 Å². The zero-order valence-electron chi connectivity index (χ0n) is 13.5. The van der Waals surface area contributed by atoms with E-state index in [9.17, 15) is 20.0 Å². The van der Waals surface area contributed by atoms with Gasteiger partial charge in [0.25, 0.3) is 5.91 Å². The number of ether oxygens (including phenoxy) is 1. The van der Waals surface area contributed by atoms with Gasteiger partial charge in [0.05, 0.1) is 12.6 Å². The number of benzene rings is 2. The lowest BCUT2D eigenvalue weighted by molar-refractivity contribution is -0.255. The van der Waals surface area contributed by atoms with Crippen LogP contribution in [0.15, 0.2) is 54.1 Å². The van der Waals surface area contributed by atoms with Crippen LogP contribution >= 0.6 is 0 Å². The van der Waals surface area contributed by atoms with E-state index in [4.69, 9.17) is 4.74 Å². The number of amides is 1. The second kappa shape index (κ2) is 8.31. The number of carboxylic acid groups (broad SMARTS) is 1. The van der Waals surface area contributed by atoms with Gasteiger partial charge in [0.2, 0.25) is 0 Å². The third kappa shape index (κ3) is 4.94.